The summed E-state index contributed by atoms with van der Waals surface area (Å²) in [7, 11) is 0. The topological polar surface area (TPSA) is 35.6 Å². The quantitative estimate of drug-likeness (QED) is 0.850. The summed E-state index contributed by atoms with van der Waals surface area (Å²) in [6.45, 7) is 8.15. The molecular weight excluding hydrogens is 238 g/mol. The van der Waals surface area contributed by atoms with Gasteiger partial charge in [-0.05, 0) is 19.1 Å². The number of hydrogen-bond donors (Lipinski definition) is 1. The first-order valence-electron chi connectivity index (χ1n) is 7.05. The van der Waals surface area contributed by atoms with Crippen LogP contribution in [0.2, 0.25) is 0 Å². The molecule has 0 bridgehead atoms. The molecule has 0 atom stereocenters. The summed E-state index contributed by atoms with van der Waals surface area (Å²) < 4.78 is 0. The maximum Gasteiger partial charge on any atom is 0.253 e. The van der Waals surface area contributed by atoms with Crippen LogP contribution in [-0.2, 0) is 0 Å². The average molecular weight is 259 g/mol. The van der Waals surface area contributed by atoms with Gasteiger partial charge in [0.05, 0.1) is 0 Å². The van der Waals surface area contributed by atoms with E-state index in [9.17, 15) is 4.79 Å². The summed E-state index contributed by atoms with van der Waals surface area (Å²) in [5.74, 6) is 0.176. The molecule has 4 heteroatoms. The van der Waals surface area contributed by atoms with Gasteiger partial charge in [0.25, 0.3) is 5.91 Å². The number of rotatable bonds is 2. The Kier molecular flexibility index (Phi) is 3.53. The van der Waals surface area contributed by atoms with Gasteiger partial charge in [-0.15, -0.1) is 0 Å². The minimum absolute atomic E-state index is 0.176. The zero-order valence-electron chi connectivity index (χ0n) is 11.4. The molecule has 2 aliphatic rings. The number of nitrogens with one attached hydrogen (secondary N) is 1. The summed E-state index contributed by atoms with van der Waals surface area (Å²) in [6, 6.07) is 8.43. The van der Waals surface area contributed by atoms with Crippen LogP contribution >= 0.6 is 0 Å². The maximum absolute atomic E-state index is 12.3. The van der Waals surface area contributed by atoms with Gasteiger partial charge in [-0.25, -0.2) is 0 Å². The number of amides is 1. The molecule has 0 spiro atoms. The molecule has 2 saturated heterocycles. The molecule has 0 aliphatic carbocycles. The van der Waals surface area contributed by atoms with Gasteiger partial charge in [-0.1, -0.05) is 17.7 Å². The highest BCUT2D eigenvalue weighted by Crippen LogP contribution is 2.18. The van der Waals surface area contributed by atoms with Gasteiger partial charge >= 0.3 is 0 Å². The van der Waals surface area contributed by atoms with E-state index in [1.165, 1.54) is 0 Å². The number of carbonyl (C=O) groups excluding carboxylic acids is 1. The highest BCUT2D eigenvalue weighted by Gasteiger charge is 2.35. The number of hydrogen-bond acceptors (Lipinski definition) is 3. The van der Waals surface area contributed by atoms with Gasteiger partial charge < -0.3 is 10.2 Å². The molecule has 0 radical (unpaired) electrons. The first-order chi connectivity index (χ1) is 9.24. The normalized spacial score (nSPS) is 21.2. The van der Waals surface area contributed by atoms with E-state index in [-0.39, 0.29) is 5.91 Å². The predicted octanol–water partition coefficient (Wildman–Crippen LogP) is 0.725. The van der Waals surface area contributed by atoms with Gasteiger partial charge in [0.15, 0.2) is 0 Å². The van der Waals surface area contributed by atoms with E-state index in [0.29, 0.717) is 6.04 Å². The van der Waals surface area contributed by atoms with Crippen molar-refractivity contribution in [2.24, 2.45) is 0 Å². The highest BCUT2D eigenvalue weighted by atomic mass is 16.2. The lowest BCUT2D eigenvalue weighted by atomic mass is 10.0. The molecule has 3 rings (SSSR count). The lowest BCUT2D eigenvalue weighted by molar-refractivity contribution is 0.0227. The molecular formula is C15H21N3O. The van der Waals surface area contributed by atoms with Crippen molar-refractivity contribution < 1.29 is 4.79 Å². The lowest BCUT2D eigenvalue weighted by Gasteiger charge is -2.46. The Hall–Kier alpha value is -1.39. The smallest absolute Gasteiger partial charge is 0.253 e. The maximum atomic E-state index is 12.3. The van der Waals surface area contributed by atoms with Crippen molar-refractivity contribution >= 4 is 5.91 Å². The Morgan fingerprint density at radius 3 is 2.68 bits per heavy atom. The number of benzene rings is 1. The first-order valence-corrected chi connectivity index (χ1v) is 7.05. The van der Waals surface area contributed by atoms with Gasteiger partial charge in [0.2, 0.25) is 0 Å². The van der Waals surface area contributed by atoms with Crippen LogP contribution in [0.4, 0.5) is 0 Å². The number of piperazine rings is 1. The third-order valence-electron chi connectivity index (χ3n) is 4.08. The minimum atomic E-state index is 0.176. The Morgan fingerprint density at radius 1 is 1.26 bits per heavy atom. The number of carbonyl (C=O) groups is 1. The van der Waals surface area contributed by atoms with Crippen molar-refractivity contribution in [3.63, 3.8) is 0 Å². The molecule has 0 saturated carbocycles. The molecule has 0 aromatic heterocycles. The van der Waals surface area contributed by atoms with Crippen LogP contribution in [0.3, 0.4) is 0 Å². The Labute approximate surface area is 114 Å². The van der Waals surface area contributed by atoms with Crippen LogP contribution in [0.25, 0.3) is 0 Å². The molecule has 19 heavy (non-hydrogen) atoms. The molecule has 2 aliphatic heterocycles. The van der Waals surface area contributed by atoms with Crippen molar-refractivity contribution in [2.45, 2.75) is 13.0 Å². The molecule has 1 amide bonds. The molecule has 2 fully saturated rings. The second-order valence-electron chi connectivity index (χ2n) is 5.52. The third kappa shape index (κ3) is 2.65. The van der Waals surface area contributed by atoms with E-state index in [2.05, 4.69) is 10.2 Å². The predicted molar refractivity (Wildman–Crippen MR) is 75.3 cm³/mol. The average Bonchev–Trinajstić information content (AvgIpc) is 2.38. The van der Waals surface area contributed by atoms with E-state index >= 15 is 0 Å². The van der Waals surface area contributed by atoms with Crippen LogP contribution in [0.15, 0.2) is 24.3 Å². The van der Waals surface area contributed by atoms with E-state index in [1.54, 1.807) is 0 Å². The van der Waals surface area contributed by atoms with Crippen molar-refractivity contribution in [1.29, 1.82) is 0 Å². The van der Waals surface area contributed by atoms with Gasteiger partial charge in [0, 0.05) is 50.9 Å². The molecule has 4 nitrogen and oxygen atoms in total. The van der Waals surface area contributed by atoms with Gasteiger partial charge in [-0.2, -0.15) is 0 Å². The summed E-state index contributed by atoms with van der Waals surface area (Å²) in [5, 5.41) is 3.36. The second-order valence-corrected chi connectivity index (χ2v) is 5.52. The van der Waals surface area contributed by atoms with Crippen molar-refractivity contribution in [2.75, 3.05) is 39.3 Å². The Morgan fingerprint density at radius 2 is 2.00 bits per heavy atom. The van der Waals surface area contributed by atoms with Crippen molar-refractivity contribution in [1.82, 2.24) is 15.1 Å². The fraction of sp³-hybridized carbons (Fsp3) is 0.533. The molecule has 1 N–H and O–H groups in total. The molecule has 102 valence electrons. The van der Waals surface area contributed by atoms with E-state index in [1.807, 2.05) is 36.1 Å². The van der Waals surface area contributed by atoms with Crippen LogP contribution in [0.5, 0.6) is 0 Å². The largest absolute Gasteiger partial charge is 0.335 e. The number of nitrogens with zero attached hydrogens (tertiary/aromatic N) is 2. The fourth-order valence-electron chi connectivity index (χ4n) is 2.86. The third-order valence-corrected chi connectivity index (χ3v) is 4.08. The SMILES string of the molecule is Cc1cccc(C(=O)N2CC(N3CCNCC3)C2)c1. The Bertz CT molecular complexity index is 462. The van der Waals surface area contributed by atoms with Crippen molar-refractivity contribution in [3.8, 4) is 0 Å². The zero-order chi connectivity index (χ0) is 13.2. The van der Waals surface area contributed by atoms with Crippen molar-refractivity contribution in [3.05, 3.63) is 35.4 Å². The van der Waals surface area contributed by atoms with Crippen LogP contribution in [-0.4, -0.2) is 61.0 Å². The number of aryl methyl sites for hydroxylation is 1. The molecule has 2 heterocycles. The number of likely N-dealkylation sites (tertiary alicyclic amines) is 1. The summed E-state index contributed by atoms with van der Waals surface area (Å²) >= 11 is 0. The summed E-state index contributed by atoms with van der Waals surface area (Å²) in [6.07, 6.45) is 0. The van der Waals surface area contributed by atoms with Crippen LogP contribution < -0.4 is 5.32 Å². The van der Waals surface area contributed by atoms with E-state index < -0.39 is 0 Å². The monoisotopic (exact) mass is 259 g/mol. The zero-order valence-corrected chi connectivity index (χ0v) is 11.4. The standard InChI is InChI=1S/C15H21N3O/c1-12-3-2-4-13(9-12)15(19)18-10-14(11-18)17-7-5-16-6-8-17/h2-4,9,14,16H,5-8,10-11H2,1H3. The first kappa shape index (κ1) is 12.6. The van der Waals surface area contributed by atoms with E-state index in [4.69, 9.17) is 0 Å². The second kappa shape index (κ2) is 5.31. The summed E-state index contributed by atoms with van der Waals surface area (Å²) in [5.41, 5.74) is 1.96. The van der Waals surface area contributed by atoms with Crippen LogP contribution in [0.1, 0.15) is 15.9 Å². The van der Waals surface area contributed by atoms with E-state index in [0.717, 1.165) is 50.4 Å². The Balaban J connectivity index is 1.56. The van der Waals surface area contributed by atoms with Gasteiger partial charge in [0.1, 0.15) is 0 Å². The van der Waals surface area contributed by atoms with Crippen LogP contribution in [0, 0.1) is 6.92 Å². The molecule has 1 aromatic rings. The lowest BCUT2D eigenvalue weighted by Crippen LogP contribution is -2.63. The van der Waals surface area contributed by atoms with Gasteiger partial charge in [-0.3, -0.25) is 9.69 Å². The summed E-state index contributed by atoms with van der Waals surface area (Å²) in [4.78, 5) is 16.8. The minimum Gasteiger partial charge on any atom is -0.335 e. The fourth-order valence-corrected chi connectivity index (χ4v) is 2.86. The molecule has 1 aromatic carbocycles. The molecule has 0 unspecified atom stereocenters. The highest BCUT2D eigenvalue weighted by molar-refractivity contribution is 5.95.